The molecule has 0 bridgehead atoms. The highest BCUT2D eigenvalue weighted by Crippen LogP contribution is 2.30. The molecule has 2 fully saturated rings. The maximum absolute atomic E-state index is 12.6. The van der Waals surface area contributed by atoms with Crippen molar-refractivity contribution in [3.63, 3.8) is 0 Å². The van der Waals surface area contributed by atoms with E-state index in [0.717, 1.165) is 31.4 Å². The molecule has 1 amide bonds. The van der Waals surface area contributed by atoms with Crippen LogP contribution in [0.25, 0.3) is 10.2 Å². The van der Waals surface area contributed by atoms with Crippen LogP contribution in [0.3, 0.4) is 0 Å². The van der Waals surface area contributed by atoms with E-state index in [2.05, 4.69) is 36.5 Å². The van der Waals surface area contributed by atoms with Crippen molar-refractivity contribution in [3.05, 3.63) is 29.3 Å². The summed E-state index contributed by atoms with van der Waals surface area (Å²) in [5.74, 6) is 0.731. The van der Waals surface area contributed by atoms with Crippen molar-refractivity contribution >= 4 is 27.5 Å². The van der Waals surface area contributed by atoms with Gasteiger partial charge in [0.1, 0.15) is 5.01 Å². The molecule has 2 N–H and O–H groups in total. The third-order valence-electron chi connectivity index (χ3n) is 5.93. The first-order valence-electron chi connectivity index (χ1n) is 9.71. The highest BCUT2D eigenvalue weighted by Gasteiger charge is 2.34. The van der Waals surface area contributed by atoms with Gasteiger partial charge in [-0.2, -0.15) is 0 Å². The lowest BCUT2D eigenvalue weighted by atomic mass is 9.97. The topological polar surface area (TPSA) is 46.4 Å². The Labute approximate surface area is 153 Å². The fourth-order valence-corrected chi connectivity index (χ4v) is 5.45. The summed E-state index contributed by atoms with van der Waals surface area (Å²) < 4.78 is 1.27. The number of carbonyl (C=O) groups excluding carboxylic acids is 1. The molecule has 5 heteroatoms. The van der Waals surface area contributed by atoms with E-state index in [1.54, 1.807) is 0 Å². The number of benzene rings is 1. The molecule has 2 aliphatic rings. The molecule has 0 radical (unpaired) electrons. The van der Waals surface area contributed by atoms with Crippen molar-refractivity contribution in [2.75, 3.05) is 13.1 Å². The Bertz CT molecular complexity index is 704. The highest BCUT2D eigenvalue weighted by molar-refractivity contribution is 7.18. The number of likely N-dealkylation sites (tertiary alicyclic amines) is 1. The fourth-order valence-electron chi connectivity index (χ4n) is 4.35. The van der Waals surface area contributed by atoms with Gasteiger partial charge in [0, 0.05) is 6.04 Å². The van der Waals surface area contributed by atoms with Gasteiger partial charge < -0.3 is 10.2 Å². The van der Waals surface area contributed by atoms with Crippen molar-refractivity contribution in [1.29, 1.82) is 0 Å². The van der Waals surface area contributed by atoms with Crippen LogP contribution in [0.5, 0.6) is 0 Å². The van der Waals surface area contributed by atoms with Gasteiger partial charge in [0.25, 0.3) is 5.91 Å². The summed E-state index contributed by atoms with van der Waals surface area (Å²) >= 11 is 1.83. The molecule has 1 saturated heterocycles. The van der Waals surface area contributed by atoms with Crippen molar-refractivity contribution in [2.45, 2.75) is 63.5 Å². The van der Waals surface area contributed by atoms with Crippen LogP contribution >= 0.6 is 11.3 Å². The van der Waals surface area contributed by atoms with Crippen LogP contribution < -0.4 is 10.2 Å². The quantitative estimate of drug-likeness (QED) is 0.882. The van der Waals surface area contributed by atoms with Crippen molar-refractivity contribution < 1.29 is 9.69 Å². The standard InChI is InChI=1S/C20H27N3OS/c1-14(19(24)21-16-8-2-3-9-16)23-12-6-7-15(13-23)20-22-17-10-4-5-11-18(17)25-20/h4-5,10-11,14-16H,2-3,6-9,12-13H2,1H3,(H,21,24)/p+1/t14-,15+/m1/s1. The number of rotatable bonds is 4. The summed E-state index contributed by atoms with van der Waals surface area (Å²) in [6.45, 7) is 4.22. The van der Waals surface area contributed by atoms with E-state index in [1.165, 1.54) is 40.3 Å². The molecule has 4 rings (SSSR count). The molecule has 0 spiro atoms. The van der Waals surface area contributed by atoms with Crippen LogP contribution in [0.1, 0.15) is 56.4 Å². The minimum atomic E-state index is 0.0396. The van der Waals surface area contributed by atoms with Gasteiger partial charge in [-0.3, -0.25) is 4.79 Å². The molecular weight excluding hydrogens is 330 g/mol. The highest BCUT2D eigenvalue weighted by atomic mass is 32.1. The summed E-state index contributed by atoms with van der Waals surface area (Å²) in [5, 5.41) is 4.53. The Kier molecular flexibility index (Phi) is 5.04. The van der Waals surface area contributed by atoms with E-state index in [0.29, 0.717) is 12.0 Å². The largest absolute Gasteiger partial charge is 0.348 e. The maximum atomic E-state index is 12.6. The molecule has 1 aromatic carbocycles. The average molecular weight is 359 g/mol. The minimum absolute atomic E-state index is 0.0396. The van der Waals surface area contributed by atoms with E-state index < -0.39 is 0 Å². The summed E-state index contributed by atoms with van der Waals surface area (Å²) in [6, 6.07) is 8.84. The molecule has 1 saturated carbocycles. The smallest absolute Gasteiger partial charge is 0.278 e. The molecule has 1 aliphatic heterocycles. The summed E-state index contributed by atoms with van der Waals surface area (Å²) in [4.78, 5) is 18.9. The lowest BCUT2D eigenvalue weighted by molar-refractivity contribution is -0.920. The van der Waals surface area contributed by atoms with Crippen molar-refractivity contribution in [1.82, 2.24) is 10.3 Å². The third kappa shape index (κ3) is 3.72. The lowest BCUT2D eigenvalue weighted by Gasteiger charge is -2.33. The van der Waals surface area contributed by atoms with E-state index in [-0.39, 0.29) is 11.9 Å². The van der Waals surface area contributed by atoms with Crippen molar-refractivity contribution in [3.8, 4) is 0 Å². The SMILES string of the molecule is C[C@H](C(=O)NC1CCCC1)[NH+]1CCC[C@H](c2nc3ccccc3s2)C1. The number of nitrogens with zero attached hydrogens (tertiary/aromatic N) is 1. The number of fused-ring (bicyclic) bond motifs is 1. The number of aromatic nitrogens is 1. The van der Waals surface area contributed by atoms with Crippen LogP contribution in [0.2, 0.25) is 0 Å². The van der Waals surface area contributed by atoms with Gasteiger partial charge in [0.05, 0.1) is 29.2 Å². The predicted octanol–water partition coefficient (Wildman–Crippen LogP) is 2.51. The molecule has 3 atom stereocenters. The second-order valence-electron chi connectivity index (χ2n) is 7.68. The molecule has 4 nitrogen and oxygen atoms in total. The number of carbonyl (C=O) groups is 1. The maximum Gasteiger partial charge on any atom is 0.278 e. The first kappa shape index (κ1) is 17.0. The number of piperidine rings is 1. The van der Waals surface area contributed by atoms with Gasteiger partial charge in [0.2, 0.25) is 0 Å². The minimum Gasteiger partial charge on any atom is -0.348 e. The Morgan fingerprint density at radius 1 is 1.24 bits per heavy atom. The van der Waals surface area contributed by atoms with E-state index >= 15 is 0 Å². The lowest BCUT2D eigenvalue weighted by Crippen LogP contribution is -3.18. The zero-order valence-electron chi connectivity index (χ0n) is 15.0. The molecule has 2 aromatic rings. The summed E-state index contributed by atoms with van der Waals surface area (Å²) in [5.41, 5.74) is 1.11. The molecule has 2 heterocycles. The normalized spacial score (nSPS) is 26.0. The van der Waals surface area contributed by atoms with Gasteiger partial charge >= 0.3 is 0 Å². The van der Waals surface area contributed by atoms with E-state index in [9.17, 15) is 4.79 Å². The fraction of sp³-hybridized carbons (Fsp3) is 0.600. The van der Waals surface area contributed by atoms with Gasteiger partial charge in [-0.25, -0.2) is 4.98 Å². The summed E-state index contributed by atoms with van der Waals surface area (Å²) in [7, 11) is 0. The van der Waals surface area contributed by atoms with Gasteiger partial charge in [-0.15, -0.1) is 11.3 Å². The second-order valence-corrected chi connectivity index (χ2v) is 8.75. The monoisotopic (exact) mass is 358 g/mol. The summed E-state index contributed by atoms with van der Waals surface area (Å²) in [6.07, 6.45) is 7.20. The molecule has 1 aromatic heterocycles. The first-order valence-corrected chi connectivity index (χ1v) is 10.5. The van der Waals surface area contributed by atoms with E-state index in [1.807, 2.05) is 11.3 Å². The molecule has 134 valence electrons. The number of nitrogens with one attached hydrogen (secondary N) is 2. The Morgan fingerprint density at radius 3 is 2.84 bits per heavy atom. The zero-order valence-corrected chi connectivity index (χ0v) is 15.8. The second kappa shape index (κ2) is 7.42. The van der Waals surface area contributed by atoms with Crippen LogP contribution in [-0.2, 0) is 4.79 Å². The Balaban J connectivity index is 1.42. The van der Waals surface area contributed by atoms with Gasteiger partial charge in [0.15, 0.2) is 6.04 Å². The molecule has 1 unspecified atom stereocenters. The third-order valence-corrected chi connectivity index (χ3v) is 7.12. The molecule has 25 heavy (non-hydrogen) atoms. The number of thiazole rings is 1. The first-order chi connectivity index (χ1) is 12.2. The predicted molar refractivity (Wildman–Crippen MR) is 102 cm³/mol. The van der Waals surface area contributed by atoms with Crippen LogP contribution in [0.15, 0.2) is 24.3 Å². The van der Waals surface area contributed by atoms with Gasteiger partial charge in [-0.05, 0) is 44.7 Å². The molecule has 1 aliphatic carbocycles. The number of hydrogen-bond acceptors (Lipinski definition) is 3. The number of para-hydroxylation sites is 1. The van der Waals surface area contributed by atoms with Crippen LogP contribution in [-0.4, -0.2) is 36.1 Å². The van der Waals surface area contributed by atoms with Crippen LogP contribution in [0.4, 0.5) is 0 Å². The zero-order chi connectivity index (χ0) is 17.2. The van der Waals surface area contributed by atoms with E-state index in [4.69, 9.17) is 4.98 Å². The Hall–Kier alpha value is -1.46. The number of quaternary nitrogens is 1. The molecular formula is C20H28N3OS+. The number of hydrogen-bond donors (Lipinski definition) is 2. The van der Waals surface area contributed by atoms with Crippen LogP contribution in [0, 0.1) is 0 Å². The van der Waals surface area contributed by atoms with Gasteiger partial charge in [-0.1, -0.05) is 25.0 Å². The average Bonchev–Trinajstić information content (AvgIpc) is 3.30. The van der Waals surface area contributed by atoms with Crippen molar-refractivity contribution in [2.24, 2.45) is 0 Å². The Morgan fingerprint density at radius 2 is 2.04 bits per heavy atom. The number of amides is 1.